The topological polar surface area (TPSA) is 53.0 Å². The molecule has 6 heteroatoms. The lowest BCUT2D eigenvalue weighted by Crippen LogP contribution is -2.43. The standard InChI is InChI=1S/C27H30FN3O2/c28-22-9-7-19(8-10-22)26(32)20-11-15-30(16-12-20)17-13-23-5-3-14-31(23)27(33)25-24-6-2-1-4-21(24)18-29-25/h1-2,4,6-10,20,23H,3,5,11-18H2/t23-/m0/s1. The van der Waals surface area contributed by atoms with E-state index in [0.717, 1.165) is 69.4 Å². The van der Waals surface area contributed by atoms with Gasteiger partial charge < -0.3 is 9.80 Å². The highest BCUT2D eigenvalue weighted by Crippen LogP contribution is 2.27. The van der Waals surface area contributed by atoms with Crippen molar-refractivity contribution in [2.24, 2.45) is 10.9 Å². The van der Waals surface area contributed by atoms with Crippen molar-refractivity contribution in [3.05, 3.63) is 71.0 Å². The summed E-state index contributed by atoms with van der Waals surface area (Å²) in [6.07, 6.45) is 4.70. The summed E-state index contributed by atoms with van der Waals surface area (Å²) >= 11 is 0. The molecular weight excluding hydrogens is 417 g/mol. The second-order valence-corrected chi connectivity index (χ2v) is 9.39. The van der Waals surface area contributed by atoms with Crippen LogP contribution >= 0.6 is 0 Å². The number of amides is 1. The molecule has 33 heavy (non-hydrogen) atoms. The highest BCUT2D eigenvalue weighted by atomic mass is 19.1. The number of carbonyl (C=O) groups excluding carboxylic acids is 2. The van der Waals surface area contributed by atoms with Crippen LogP contribution in [0.4, 0.5) is 4.39 Å². The van der Waals surface area contributed by atoms with Crippen LogP contribution in [0, 0.1) is 11.7 Å². The normalized spacial score (nSPS) is 21.2. The smallest absolute Gasteiger partial charge is 0.272 e. The molecule has 0 aromatic heterocycles. The van der Waals surface area contributed by atoms with Gasteiger partial charge in [-0.2, -0.15) is 0 Å². The number of benzene rings is 2. The SMILES string of the molecule is O=C(c1ccc(F)cc1)C1CCN(CC[C@@H]2CCCN2C(=O)C2=NCc3ccccc32)CC1. The fourth-order valence-corrected chi connectivity index (χ4v) is 5.46. The molecule has 2 saturated heterocycles. The molecule has 3 aliphatic rings. The molecule has 172 valence electrons. The van der Waals surface area contributed by atoms with Gasteiger partial charge in [-0.25, -0.2) is 4.39 Å². The Morgan fingerprint density at radius 3 is 2.52 bits per heavy atom. The Kier molecular flexibility index (Phi) is 6.36. The number of aliphatic imine (C=N–C) groups is 1. The summed E-state index contributed by atoms with van der Waals surface area (Å²) in [5.74, 6) is -0.104. The van der Waals surface area contributed by atoms with Crippen LogP contribution in [-0.2, 0) is 11.3 Å². The summed E-state index contributed by atoms with van der Waals surface area (Å²) in [6, 6.07) is 14.2. The van der Waals surface area contributed by atoms with E-state index in [2.05, 4.69) is 9.89 Å². The lowest BCUT2D eigenvalue weighted by atomic mass is 9.88. The van der Waals surface area contributed by atoms with E-state index in [0.29, 0.717) is 17.8 Å². The van der Waals surface area contributed by atoms with Gasteiger partial charge in [0, 0.05) is 36.2 Å². The van der Waals surface area contributed by atoms with E-state index in [-0.39, 0.29) is 29.5 Å². The zero-order valence-corrected chi connectivity index (χ0v) is 18.9. The molecule has 2 aromatic rings. The van der Waals surface area contributed by atoms with Crippen molar-refractivity contribution in [1.82, 2.24) is 9.80 Å². The summed E-state index contributed by atoms with van der Waals surface area (Å²) in [5.41, 5.74) is 3.35. The number of fused-ring (bicyclic) bond motifs is 1. The van der Waals surface area contributed by atoms with Crippen LogP contribution in [0.15, 0.2) is 53.5 Å². The fourth-order valence-electron chi connectivity index (χ4n) is 5.46. The number of piperidine rings is 1. The lowest BCUT2D eigenvalue weighted by Gasteiger charge is -2.33. The Balaban J connectivity index is 1.13. The largest absolute Gasteiger partial charge is 0.334 e. The molecular formula is C27H30FN3O2. The monoisotopic (exact) mass is 447 g/mol. The minimum Gasteiger partial charge on any atom is -0.334 e. The third-order valence-electron chi connectivity index (χ3n) is 7.39. The van der Waals surface area contributed by atoms with Gasteiger partial charge in [0.1, 0.15) is 11.5 Å². The first kappa shape index (κ1) is 22.0. The number of Topliss-reactive ketones (excluding diaryl/α,β-unsaturated/α-hetero) is 1. The maximum Gasteiger partial charge on any atom is 0.272 e. The van der Waals surface area contributed by atoms with Crippen molar-refractivity contribution in [2.75, 3.05) is 26.2 Å². The van der Waals surface area contributed by atoms with Crippen LogP contribution < -0.4 is 0 Å². The third kappa shape index (κ3) is 4.62. The quantitative estimate of drug-likeness (QED) is 0.627. The minimum absolute atomic E-state index is 0.0108. The van der Waals surface area contributed by atoms with Crippen LogP contribution in [0.2, 0.25) is 0 Å². The Morgan fingerprint density at radius 2 is 1.73 bits per heavy atom. The van der Waals surface area contributed by atoms with Crippen LogP contribution in [0.1, 0.15) is 53.6 Å². The summed E-state index contributed by atoms with van der Waals surface area (Å²) in [5, 5.41) is 0. The molecule has 0 unspecified atom stereocenters. The Bertz CT molecular complexity index is 1060. The number of rotatable bonds is 6. The second kappa shape index (κ2) is 9.56. The molecule has 1 atom stereocenters. The van der Waals surface area contributed by atoms with Crippen LogP contribution in [0.25, 0.3) is 0 Å². The number of halogens is 1. The second-order valence-electron chi connectivity index (χ2n) is 9.39. The van der Waals surface area contributed by atoms with Crippen LogP contribution in [0.5, 0.6) is 0 Å². The number of likely N-dealkylation sites (tertiary alicyclic amines) is 2. The van der Waals surface area contributed by atoms with E-state index in [4.69, 9.17) is 0 Å². The van der Waals surface area contributed by atoms with E-state index >= 15 is 0 Å². The predicted octanol–water partition coefficient (Wildman–Crippen LogP) is 4.10. The number of hydrogen-bond acceptors (Lipinski definition) is 4. The average Bonchev–Trinajstić information content (AvgIpc) is 3.50. The zero-order chi connectivity index (χ0) is 22.8. The van der Waals surface area contributed by atoms with Crippen molar-refractivity contribution >= 4 is 17.4 Å². The van der Waals surface area contributed by atoms with E-state index in [1.807, 2.05) is 29.2 Å². The van der Waals surface area contributed by atoms with Crippen LogP contribution in [-0.4, -0.2) is 59.4 Å². The number of nitrogens with zero attached hydrogens (tertiary/aromatic N) is 3. The fraction of sp³-hybridized carbons (Fsp3) is 0.444. The number of hydrogen-bond donors (Lipinski definition) is 0. The molecule has 0 saturated carbocycles. The van der Waals surface area contributed by atoms with E-state index in [1.54, 1.807) is 12.1 Å². The number of carbonyl (C=O) groups is 2. The van der Waals surface area contributed by atoms with Gasteiger partial charge in [-0.3, -0.25) is 14.6 Å². The molecule has 0 spiro atoms. The first-order chi connectivity index (χ1) is 16.1. The molecule has 2 aromatic carbocycles. The highest BCUT2D eigenvalue weighted by Gasteiger charge is 2.34. The van der Waals surface area contributed by atoms with Gasteiger partial charge in [-0.1, -0.05) is 24.3 Å². The maximum atomic E-state index is 13.3. The van der Waals surface area contributed by atoms with Crippen molar-refractivity contribution in [2.45, 2.75) is 44.7 Å². The Hall–Kier alpha value is -2.86. The molecule has 0 bridgehead atoms. The van der Waals surface area contributed by atoms with E-state index in [1.165, 1.54) is 12.1 Å². The minimum atomic E-state index is -0.315. The van der Waals surface area contributed by atoms with Crippen molar-refractivity contribution in [3.63, 3.8) is 0 Å². The van der Waals surface area contributed by atoms with Crippen molar-refractivity contribution < 1.29 is 14.0 Å². The summed E-state index contributed by atoms with van der Waals surface area (Å²) < 4.78 is 13.1. The third-order valence-corrected chi connectivity index (χ3v) is 7.39. The summed E-state index contributed by atoms with van der Waals surface area (Å²) in [7, 11) is 0. The highest BCUT2D eigenvalue weighted by molar-refractivity contribution is 6.46. The van der Waals surface area contributed by atoms with Gasteiger partial charge in [0.05, 0.1) is 6.54 Å². The van der Waals surface area contributed by atoms with Gasteiger partial charge in [-0.05, 0) is 75.0 Å². The zero-order valence-electron chi connectivity index (χ0n) is 18.9. The first-order valence-corrected chi connectivity index (χ1v) is 12.1. The molecule has 3 heterocycles. The molecule has 5 nitrogen and oxygen atoms in total. The lowest BCUT2D eigenvalue weighted by molar-refractivity contribution is -0.124. The maximum absolute atomic E-state index is 13.3. The van der Waals surface area contributed by atoms with Crippen LogP contribution in [0.3, 0.4) is 0 Å². The Labute approximate surface area is 194 Å². The van der Waals surface area contributed by atoms with Gasteiger partial charge in [0.25, 0.3) is 5.91 Å². The molecule has 0 aliphatic carbocycles. The predicted molar refractivity (Wildman–Crippen MR) is 126 cm³/mol. The summed E-state index contributed by atoms with van der Waals surface area (Å²) in [4.78, 5) is 35.0. The van der Waals surface area contributed by atoms with E-state index < -0.39 is 0 Å². The van der Waals surface area contributed by atoms with Gasteiger partial charge in [0.15, 0.2) is 5.78 Å². The van der Waals surface area contributed by atoms with Crippen molar-refractivity contribution in [1.29, 1.82) is 0 Å². The molecule has 0 radical (unpaired) electrons. The summed E-state index contributed by atoms with van der Waals surface area (Å²) in [6.45, 7) is 4.12. The molecule has 2 fully saturated rings. The number of ketones is 1. The average molecular weight is 448 g/mol. The Morgan fingerprint density at radius 1 is 0.970 bits per heavy atom. The molecule has 1 amide bonds. The molecule has 3 aliphatic heterocycles. The molecule has 5 rings (SSSR count). The van der Waals surface area contributed by atoms with E-state index in [9.17, 15) is 14.0 Å². The molecule has 0 N–H and O–H groups in total. The van der Waals surface area contributed by atoms with Gasteiger partial charge >= 0.3 is 0 Å². The first-order valence-electron chi connectivity index (χ1n) is 12.1. The van der Waals surface area contributed by atoms with Gasteiger partial charge in [-0.15, -0.1) is 0 Å². The van der Waals surface area contributed by atoms with Crippen molar-refractivity contribution in [3.8, 4) is 0 Å². The van der Waals surface area contributed by atoms with Gasteiger partial charge in [0.2, 0.25) is 0 Å².